The summed E-state index contributed by atoms with van der Waals surface area (Å²) in [4.78, 5) is 12.3. The van der Waals surface area contributed by atoms with Gasteiger partial charge in [-0.15, -0.1) is 10.2 Å². The van der Waals surface area contributed by atoms with E-state index in [-0.39, 0.29) is 17.5 Å². The van der Waals surface area contributed by atoms with Gasteiger partial charge in [0.25, 0.3) is 0 Å². The molecule has 1 amide bonds. The van der Waals surface area contributed by atoms with Gasteiger partial charge in [-0.05, 0) is 42.5 Å². The number of amides is 1. The summed E-state index contributed by atoms with van der Waals surface area (Å²) in [5.74, 6) is 0.667. The Morgan fingerprint density at radius 1 is 1.13 bits per heavy atom. The summed E-state index contributed by atoms with van der Waals surface area (Å²) in [6, 6.07) is 14.7. The highest BCUT2D eigenvalue weighted by Gasteiger charge is 2.18. The Hall–Kier alpha value is -2.67. The average Bonchev–Trinajstić information content (AvgIpc) is 3.10. The van der Waals surface area contributed by atoms with Crippen molar-refractivity contribution in [2.24, 2.45) is 5.92 Å². The summed E-state index contributed by atoms with van der Waals surface area (Å²) in [6.45, 7) is 7.47. The first-order valence-corrected chi connectivity index (χ1v) is 11.1. The van der Waals surface area contributed by atoms with E-state index in [1.807, 2.05) is 16.7 Å². The monoisotopic (exact) mass is 426 g/mol. The average molecular weight is 427 g/mol. The Morgan fingerprint density at radius 3 is 2.60 bits per heavy atom. The van der Waals surface area contributed by atoms with E-state index in [2.05, 4.69) is 48.4 Å². The lowest BCUT2D eigenvalue weighted by molar-refractivity contribution is -0.118. The molecule has 0 saturated heterocycles. The predicted molar refractivity (Wildman–Crippen MR) is 119 cm³/mol. The summed E-state index contributed by atoms with van der Waals surface area (Å²) in [5.41, 5.74) is 2.88. The summed E-state index contributed by atoms with van der Waals surface area (Å²) in [7, 11) is 0. The van der Waals surface area contributed by atoms with Crippen molar-refractivity contribution in [1.29, 1.82) is 0 Å². The molecule has 0 fully saturated rings. The van der Waals surface area contributed by atoms with Gasteiger partial charge in [0.05, 0.1) is 11.3 Å². The highest BCUT2D eigenvalue weighted by Crippen LogP contribution is 2.26. The van der Waals surface area contributed by atoms with Crippen molar-refractivity contribution in [2.75, 3.05) is 12.3 Å². The molecular formula is C23H27FN4OS. The number of hydrogen-bond acceptors (Lipinski definition) is 4. The van der Waals surface area contributed by atoms with Crippen LogP contribution in [0.25, 0.3) is 11.4 Å². The first-order valence-electron chi connectivity index (χ1n) is 10.1. The van der Waals surface area contributed by atoms with Crippen LogP contribution in [0.5, 0.6) is 0 Å². The standard InChI is InChI=1S/C23H27FN4OS/c1-16(2)14-28-22(19-10-6-7-11-20(19)24)26-27-23(28)30-15-21(29)25-13-12-18-9-5-4-8-17(18)3/h4-11,16H,12-15H2,1-3H3,(H,25,29). The third-order valence-corrected chi connectivity index (χ3v) is 5.66. The normalized spacial score (nSPS) is 11.1. The highest BCUT2D eigenvalue weighted by molar-refractivity contribution is 7.99. The maximum Gasteiger partial charge on any atom is 0.230 e. The van der Waals surface area contributed by atoms with Gasteiger partial charge in [-0.25, -0.2) is 4.39 Å². The smallest absolute Gasteiger partial charge is 0.230 e. The van der Waals surface area contributed by atoms with Gasteiger partial charge in [-0.1, -0.05) is 62.0 Å². The van der Waals surface area contributed by atoms with E-state index in [4.69, 9.17) is 0 Å². The third kappa shape index (κ3) is 5.69. The third-order valence-electron chi connectivity index (χ3n) is 4.69. The zero-order valence-corrected chi connectivity index (χ0v) is 18.4. The molecule has 0 atom stereocenters. The summed E-state index contributed by atoms with van der Waals surface area (Å²) >= 11 is 1.32. The highest BCUT2D eigenvalue weighted by atomic mass is 32.2. The molecule has 0 saturated carbocycles. The van der Waals surface area contributed by atoms with Crippen LogP contribution in [0.3, 0.4) is 0 Å². The molecule has 0 radical (unpaired) electrons. The molecule has 1 aromatic heterocycles. The van der Waals surface area contributed by atoms with Crippen LogP contribution in [0.2, 0.25) is 0 Å². The van der Waals surface area contributed by atoms with Crippen LogP contribution in [-0.4, -0.2) is 33.0 Å². The fourth-order valence-electron chi connectivity index (χ4n) is 3.18. The zero-order valence-electron chi connectivity index (χ0n) is 17.6. The van der Waals surface area contributed by atoms with Gasteiger partial charge in [-0.3, -0.25) is 4.79 Å². The fraction of sp³-hybridized carbons (Fsp3) is 0.348. The molecule has 1 N–H and O–H groups in total. The van der Waals surface area contributed by atoms with Crippen molar-refractivity contribution < 1.29 is 9.18 Å². The predicted octanol–water partition coefficient (Wildman–Crippen LogP) is 4.50. The lowest BCUT2D eigenvalue weighted by Crippen LogP contribution is -2.27. The Morgan fingerprint density at radius 2 is 1.87 bits per heavy atom. The molecule has 0 aliphatic carbocycles. The number of thioether (sulfide) groups is 1. The summed E-state index contributed by atoms with van der Waals surface area (Å²) in [6.07, 6.45) is 0.796. The van der Waals surface area contributed by atoms with E-state index in [1.165, 1.54) is 29.0 Å². The summed E-state index contributed by atoms with van der Waals surface area (Å²) in [5, 5.41) is 12.0. The molecule has 5 nitrogen and oxygen atoms in total. The Kier molecular flexibility index (Phi) is 7.63. The number of halogens is 1. The Bertz CT molecular complexity index is 1000. The number of rotatable bonds is 9. The van der Waals surface area contributed by atoms with E-state index < -0.39 is 0 Å². The number of benzene rings is 2. The molecule has 0 spiro atoms. The van der Waals surface area contributed by atoms with Gasteiger partial charge in [0.15, 0.2) is 11.0 Å². The molecule has 1 heterocycles. The first kappa shape index (κ1) is 22.0. The molecule has 0 aliphatic rings. The molecule has 30 heavy (non-hydrogen) atoms. The fourth-order valence-corrected chi connectivity index (χ4v) is 3.95. The summed E-state index contributed by atoms with van der Waals surface area (Å²) < 4.78 is 16.2. The number of nitrogens with zero attached hydrogens (tertiary/aromatic N) is 3. The number of carbonyl (C=O) groups is 1. The van der Waals surface area contributed by atoms with Crippen LogP contribution >= 0.6 is 11.8 Å². The maximum absolute atomic E-state index is 14.3. The van der Waals surface area contributed by atoms with E-state index in [0.717, 1.165) is 6.42 Å². The molecule has 0 unspecified atom stereocenters. The van der Waals surface area contributed by atoms with Crippen LogP contribution in [0.4, 0.5) is 4.39 Å². The van der Waals surface area contributed by atoms with Crippen LogP contribution in [0.15, 0.2) is 53.7 Å². The van der Waals surface area contributed by atoms with Gasteiger partial charge < -0.3 is 9.88 Å². The number of carbonyl (C=O) groups excluding carboxylic acids is 1. The van der Waals surface area contributed by atoms with Crippen LogP contribution in [0, 0.1) is 18.7 Å². The number of hydrogen-bond donors (Lipinski definition) is 1. The van der Waals surface area contributed by atoms with Gasteiger partial charge >= 0.3 is 0 Å². The molecule has 158 valence electrons. The van der Waals surface area contributed by atoms with Gasteiger partial charge in [-0.2, -0.15) is 0 Å². The maximum atomic E-state index is 14.3. The Labute approximate surface area is 181 Å². The molecule has 3 aromatic rings. The van der Waals surface area contributed by atoms with Gasteiger partial charge in [0.1, 0.15) is 5.82 Å². The zero-order chi connectivity index (χ0) is 21.5. The van der Waals surface area contributed by atoms with Crippen molar-refractivity contribution in [3.05, 3.63) is 65.5 Å². The quantitative estimate of drug-likeness (QED) is 0.512. The Balaban J connectivity index is 1.62. The van der Waals surface area contributed by atoms with E-state index >= 15 is 0 Å². The molecule has 0 aliphatic heterocycles. The first-order chi connectivity index (χ1) is 14.5. The van der Waals surface area contributed by atoms with E-state index in [9.17, 15) is 9.18 Å². The van der Waals surface area contributed by atoms with Crippen molar-refractivity contribution in [3.63, 3.8) is 0 Å². The van der Waals surface area contributed by atoms with Gasteiger partial charge in [0.2, 0.25) is 5.91 Å². The molecular weight excluding hydrogens is 399 g/mol. The largest absolute Gasteiger partial charge is 0.355 e. The molecule has 3 rings (SSSR count). The number of aromatic nitrogens is 3. The van der Waals surface area contributed by atoms with E-state index in [0.29, 0.717) is 35.6 Å². The second kappa shape index (κ2) is 10.4. The minimum Gasteiger partial charge on any atom is -0.355 e. The van der Waals surface area contributed by atoms with Crippen molar-refractivity contribution in [3.8, 4) is 11.4 Å². The van der Waals surface area contributed by atoms with Crippen molar-refractivity contribution in [1.82, 2.24) is 20.1 Å². The van der Waals surface area contributed by atoms with Crippen molar-refractivity contribution in [2.45, 2.75) is 38.9 Å². The van der Waals surface area contributed by atoms with Crippen LogP contribution in [0.1, 0.15) is 25.0 Å². The lowest BCUT2D eigenvalue weighted by atomic mass is 10.1. The number of nitrogens with one attached hydrogen (secondary N) is 1. The molecule has 0 bridgehead atoms. The minimum atomic E-state index is -0.333. The second-order valence-corrected chi connectivity index (χ2v) is 8.55. The number of aryl methyl sites for hydroxylation is 1. The molecule has 7 heteroatoms. The van der Waals surface area contributed by atoms with Gasteiger partial charge in [0, 0.05) is 13.1 Å². The lowest BCUT2D eigenvalue weighted by Gasteiger charge is -2.13. The van der Waals surface area contributed by atoms with Crippen LogP contribution in [-0.2, 0) is 17.8 Å². The molecule has 2 aromatic carbocycles. The topological polar surface area (TPSA) is 59.8 Å². The van der Waals surface area contributed by atoms with Crippen molar-refractivity contribution >= 4 is 17.7 Å². The minimum absolute atomic E-state index is 0.0554. The second-order valence-electron chi connectivity index (χ2n) is 7.61. The van der Waals surface area contributed by atoms with E-state index in [1.54, 1.807) is 18.2 Å². The SMILES string of the molecule is Cc1ccccc1CCNC(=O)CSc1nnc(-c2ccccc2F)n1CC(C)C. The van der Waals surface area contributed by atoms with Crippen LogP contribution < -0.4 is 5.32 Å².